The second-order valence-corrected chi connectivity index (χ2v) is 3.75. The van der Waals surface area contributed by atoms with E-state index in [1.807, 2.05) is 0 Å². The molecule has 1 unspecified atom stereocenters. The minimum atomic E-state index is -0.0738. The molecule has 70 valence electrons. The number of nitrogens with one attached hydrogen (secondary N) is 2. The minimum Gasteiger partial charge on any atom is -0.395 e. The van der Waals surface area contributed by atoms with E-state index in [0.29, 0.717) is 6.54 Å². The summed E-state index contributed by atoms with van der Waals surface area (Å²) in [6, 6.07) is -0.0738. The highest BCUT2D eigenvalue weighted by Crippen LogP contribution is 2.06. The van der Waals surface area contributed by atoms with Crippen LogP contribution in [0.3, 0.4) is 0 Å². The fourth-order valence-corrected chi connectivity index (χ4v) is 1.97. The molecule has 4 nitrogen and oxygen atoms in total. The normalized spacial score (nSPS) is 23.6. The van der Waals surface area contributed by atoms with Crippen molar-refractivity contribution in [3.05, 3.63) is 0 Å². The van der Waals surface area contributed by atoms with Gasteiger partial charge in [0.15, 0.2) is 0 Å². The maximum atomic E-state index is 11.3. The van der Waals surface area contributed by atoms with Gasteiger partial charge in [-0.2, -0.15) is 11.8 Å². The standard InChI is InChI=1S/C7H14N2O2S/c10-3-1-9-7(11)6-5-12-4-2-8-6/h6,8,10H,1-5H2,(H,9,11). The van der Waals surface area contributed by atoms with Crippen LogP contribution in [-0.4, -0.2) is 48.3 Å². The van der Waals surface area contributed by atoms with E-state index in [1.165, 1.54) is 0 Å². The molecule has 1 aliphatic heterocycles. The summed E-state index contributed by atoms with van der Waals surface area (Å²) in [6.45, 7) is 1.25. The summed E-state index contributed by atoms with van der Waals surface area (Å²) >= 11 is 1.78. The monoisotopic (exact) mass is 190 g/mol. The van der Waals surface area contributed by atoms with Gasteiger partial charge in [-0.3, -0.25) is 4.79 Å². The molecule has 1 fully saturated rings. The Balaban J connectivity index is 2.20. The van der Waals surface area contributed by atoms with Crippen molar-refractivity contribution in [2.45, 2.75) is 6.04 Å². The summed E-state index contributed by atoms with van der Waals surface area (Å²) < 4.78 is 0. The number of carbonyl (C=O) groups excluding carboxylic acids is 1. The van der Waals surface area contributed by atoms with Gasteiger partial charge in [0.1, 0.15) is 0 Å². The Labute approximate surface area is 76.1 Å². The van der Waals surface area contributed by atoms with E-state index in [0.717, 1.165) is 18.1 Å². The Morgan fingerprint density at radius 3 is 3.17 bits per heavy atom. The quantitative estimate of drug-likeness (QED) is 0.523. The largest absolute Gasteiger partial charge is 0.395 e. The zero-order valence-corrected chi connectivity index (χ0v) is 7.69. The smallest absolute Gasteiger partial charge is 0.238 e. The summed E-state index contributed by atoms with van der Waals surface area (Å²) in [6.07, 6.45) is 0. The first-order valence-corrected chi connectivity index (χ1v) is 5.20. The van der Waals surface area contributed by atoms with Crippen molar-refractivity contribution in [3.63, 3.8) is 0 Å². The lowest BCUT2D eigenvalue weighted by molar-refractivity contribution is -0.122. The molecule has 0 aliphatic carbocycles. The predicted octanol–water partition coefficient (Wildman–Crippen LogP) is -1.20. The van der Waals surface area contributed by atoms with Crippen LogP contribution in [0.1, 0.15) is 0 Å². The van der Waals surface area contributed by atoms with E-state index in [1.54, 1.807) is 11.8 Å². The highest BCUT2D eigenvalue weighted by molar-refractivity contribution is 7.99. The van der Waals surface area contributed by atoms with E-state index in [2.05, 4.69) is 10.6 Å². The molecule has 0 aromatic carbocycles. The molecule has 0 bridgehead atoms. The molecule has 0 radical (unpaired) electrons. The van der Waals surface area contributed by atoms with Gasteiger partial charge in [0.05, 0.1) is 12.6 Å². The van der Waals surface area contributed by atoms with Gasteiger partial charge in [-0.1, -0.05) is 0 Å². The minimum absolute atomic E-state index is 0.00347. The number of aliphatic hydroxyl groups is 1. The maximum Gasteiger partial charge on any atom is 0.238 e. The van der Waals surface area contributed by atoms with Gasteiger partial charge in [0.25, 0.3) is 0 Å². The first-order chi connectivity index (χ1) is 5.84. The van der Waals surface area contributed by atoms with Crippen LogP contribution in [-0.2, 0) is 4.79 Å². The van der Waals surface area contributed by atoms with Gasteiger partial charge in [0.2, 0.25) is 5.91 Å². The summed E-state index contributed by atoms with van der Waals surface area (Å²) in [5.74, 6) is 1.90. The Hall–Kier alpha value is -0.260. The molecule has 1 rings (SSSR count). The van der Waals surface area contributed by atoms with Gasteiger partial charge < -0.3 is 15.7 Å². The number of aliphatic hydroxyl groups excluding tert-OH is 1. The molecule has 1 heterocycles. The molecule has 0 saturated carbocycles. The summed E-state index contributed by atoms with van der Waals surface area (Å²) in [5.41, 5.74) is 0. The zero-order chi connectivity index (χ0) is 8.81. The van der Waals surface area contributed by atoms with E-state index < -0.39 is 0 Å². The zero-order valence-electron chi connectivity index (χ0n) is 6.88. The molecule has 1 amide bonds. The van der Waals surface area contributed by atoms with Crippen LogP contribution < -0.4 is 10.6 Å². The van der Waals surface area contributed by atoms with Crippen molar-refractivity contribution in [1.82, 2.24) is 10.6 Å². The van der Waals surface area contributed by atoms with Gasteiger partial charge in [0, 0.05) is 24.6 Å². The van der Waals surface area contributed by atoms with Crippen molar-refractivity contribution in [2.24, 2.45) is 0 Å². The fraction of sp³-hybridized carbons (Fsp3) is 0.857. The molecular weight excluding hydrogens is 176 g/mol. The van der Waals surface area contributed by atoms with Crippen molar-refractivity contribution in [1.29, 1.82) is 0 Å². The van der Waals surface area contributed by atoms with Gasteiger partial charge in [-0.05, 0) is 0 Å². The Kier molecular flexibility index (Phi) is 4.42. The van der Waals surface area contributed by atoms with Crippen molar-refractivity contribution in [3.8, 4) is 0 Å². The summed E-state index contributed by atoms with van der Waals surface area (Å²) in [7, 11) is 0. The second-order valence-electron chi connectivity index (χ2n) is 2.60. The van der Waals surface area contributed by atoms with E-state index in [9.17, 15) is 4.79 Å². The average Bonchev–Trinajstić information content (AvgIpc) is 2.15. The average molecular weight is 190 g/mol. The lowest BCUT2D eigenvalue weighted by Crippen LogP contribution is -2.49. The second kappa shape index (κ2) is 5.40. The Morgan fingerprint density at radius 1 is 1.75 bits per heavy atom. The first kappa shape index (κ1) is 9.83. The number of hydrogen-bond donors (Lipinski definition) is 3. The molecular formula is C7H14N2O2S. The van der Waals surface area contributed by atoms with E-state index in [4.69, 9.17) is 5.11 Å². The van der Waals surface area contributed by atoms with Crippen LogP contribution in [0.15, 0.2) is 0 Å². The van der Waals surface area contributed by atoms with Crippen LogP contribution in [0.2, 0.25) is 0 Å². The third-order valence-corrected chi connectivity index (χ3v) is 2.71. The van der Waals surface area contributed by atoms with Gasteiger partial charge in [-0.15, -0.1) is 0 Å². The third-order valence-electron chi connectivity index (χ3n) is 1.65. The highest BCUT2D eigenvalue weighted by Gasteiger charge is 2.19. The molecule has 12 heavy (non-hydrogen) atoms. The van der Waals surface area contributed by atoms with Crippen LogP contribution in [0.25, 0.3) is 0 Å². The number of thioether (sulfide) groups is 1. The highest BCUT2D eigenvalue weighted by atomic mass is 32.2. The number of amides is 1. The molecule has 0 aromatic heterocycles. The third kappa shape index (κ3) is 3.00. The maximum absolute atomic E-state index is 11.3. The molecule has 1 atom stereocenters. The van der Waals surface area contributed by atoms with Crippen molar-refractivity contribution < 1.29 is 9.90 Å². The van der Waals surface area contributed by atoms with Crippen molar-refractivity contribution in [2.75, 3.05) is 31.2 Å². The SMILES string of the molecule is O=C(NCCO)C1CSCCN1. The molecule has 0 spiro atoms. The van der Waals surface area contributed by atoms with Gasteiger partial charge >= 0.3 is 0 Å². The van der Waals surface area contributed by atoms with Crippen LogP contribution in [0, 0.1) is 0 Å². The van der Waals surface area contributed by atoms with Crippen LogP contribution >= 0.6 is 11.8 Å². The Morgan fingerprint density at radius 2 is 2.58 bits per heavy atom. The molecule has 1 aliphatic rings. The van der Waals surface area contributed by atoms with E-state index in [-0.39, 0.29) is 18.6 Å². The van der Waals surface area contributed by atoms with Gasteiger partial charge in [-0.25, -0.2) is 0 Å². The molecule has 3 N–H and O–H groups in total. The van der Waals surface area contributed by atoms with Crippen LogP contribution in [0.4, 0.5) is 0 Å². The predicted molar refractivity (Wildman–Crippen MR) is 49.2 cm³/mol. The summed E-state index contributed by atoms with van der Waals surface area (Å²) in [5, 5.41) is 14.2. The van der Waals surface area contributed by atoms with E-state index >= 15 is 0 Å². The molecule has 5 heteroatoms. The Bertz CT molecular complexity index is 148. The molecule has 1 saturated heterocycles. The lowest BCUT2D eigenvalue weighted by atomic mass is 10.3. The van der Waals surface area contributed by atoms with Crippen molar-refractivity contribution >= 4 is 17.7 Å². The molecule has 0 aromatic rings. The number of hydrogen-bond acceptors (Lipinski definition) is 4. The fourth-order valence-electron chi connectivity index (χ4n) is 1.04. The topological polar surface area (TPSA) is 61.4 Å². The summed E-state index contributed by atoms with van der Waals surface area (Å²) in [4.78, 5) is 11.3. The first-order valence-electron chi connectivity index (χ1n) is 4.04. The lowest BCUT2D eigenvalue weighted by Gasteiger charge is -2.21. The van der Waals surface area contributed by atoms with Crippen LogP contribution in [0.5, 0.6) is 0 Å². The number of rotatable bonds is 3. The number of carbonyl (C=O) groups is 1.